The van der Waals surface area contributed by atoms with E-state index in [-0.39, 0.29) is 12.0 Å². The molecule has 24 heavy (non-hydrogen) atoms. The van der Waals surface area contributed by atoms with Gasteiger partial charge in [-0.05, 0) is 50.5 Å². The first kappa shape index (κ1) is 17.7. The number of nitrogens with one attached hydrogen (secondary N) is 3. The maximum absolute atomic E-state index is 12.1. The molecule has 0 aliphatic carbocycles. The van der Waals surface area contributed by atoms with E-state index < -0.39 is 0 Å². The molecule has 0 spiro atoms. The maximum atomic E-state index is 12.1. The van der Waals surface area contributed by atoms with Crippen molar-refractivity contribution in [2.75, 3.05) is 22.5 Å². The molecule has 6 heteroatoms. The van der Waals surface area contributed by atoms with E-state index in [0.29, 0.717) is 0 Å². The number of nitrogens with zero attached hydrogens (tertiary/aromatic N) is 2. The number of amides is 2. The highest BCUT2D eigenvalue weighted by Crippen LogP contribution is 2.15. The third-order valence-electron chi connectivity index (χ3n) is 3.68. The van der Waals surface area contributed by atoms with Crippen molar-refractivity contribution in [3.8, 4) is 0 Å². The van der Waals surface area contributed by atoms with Gasteiger partial charge in [-0.25, -0.2) is 9.78 Å². The monoisotopic (exact) mass is 327 g/mol. The molecule has 1 aromatic heterocycles. The molecule has 0 aliphatic rings. The highest BCUT2D eigenvalue weighted by molar-refractivity contribution is 5.98. The minimum atomic E-state index is -0.358. The number of benzene rings is 1. The molecule has 2 rings (SSSR count). The topological polar surface area (TPSA) is 78.9 Å². The van der Waals surface area contributed by atoms with Crippen molar-refractivity contribution in [1.29, 1.82) is 0 Å². The molecule has 2 amide bonds. The first-order valence-corrected chi connectivity index (χ1v) is 8.22. The highest BCUT2D eigenvalue weighted by atomic mass is 16.2. The summed E-state index contributed by atoms with van der Waals surface area (Å²) in [5.41, 5.74) is 3.85. The Hall–Kier alpha value is -2.63. The van der Waals surface area contributed by atoms with Crippen LogP contribution in [0.1, 0.15) is 36.6 Å². The molecule has 0 atom stereocenters. The summed E-state index contributed by atoms with van der Waals surface area (Å²) in [5.74, 6) is 1.01. The lowest BCUT2D eigenvalue weighted by molar-refractivity contribution is 0.262. The second kappa shape index (κ2) is 8.29. The molecule has 1 heterocycles. The van der Waals surface area contributed by atoms with Gasteiger partial charge >= 0.3 is 6.03 Å². The van der Waals surface area contributed by atoms with E-state index in [1.807, 2.05) is 45.0 Å². The number of aryl methyl sites for hydroxylation is 3. The third-order valence-corrected chi connectivity index (χ3v) is 3.68. The number of carbonyl (C=O) groups is 1. The summed E-state index contributed by atoms with van der Waals surface area (Å²) >= 11 is 0. The van der Waals surface area contributed by atoms with Crippen LogP contribution in [0.2, 0.25) is 0 Å². The molecule has 6 nitrogen and oxygen atoms in total. The van der Waals surface area contributed by atoms with Gasteiger partial charge in [0, 0.05) is 24.0 Å². The normalized spacial score (nSPS) is 10.3. The van der Waals surface area contributed by atoms with Gasteiger partial charge in [-0.2, -0.15) is 4.98 Å². The summed E-state index contributed by atoms with van der Waals surface area (Å²) in [6.45, 7) is 8.90. The predicted octanol–water partition coefficient (Wildman–Crippen LogP) is 4.26. The van der Waals surface area contributed by atoms with Crippen LogP contribution in [0.3, 0.4) is 0 Å². The summed E-state index contributed by atoms with van der Waals surface area (Å²) in [6.07, 6.45) is 2.18. The van der Waals surface area contributed by atoms with Gasteiger partial charge in [0.05, 0.1) is 0 Å². The van der Waals surface area contributed by atoms with E-state index in [2.05, 4.69) is 32.8 Å². The van der Waals surface area contributed by atoms with Crippen LogP contribution in [0, 0.1) is 20.8 Å². The van der Waals surface area contributed by atoms with Crippen molar-refractivity contribution < 1.29 is 4.79 Å². The standard InChI is InChI=1S/C18H25N5O/c1-5-6-9-19-16-11-14(4)20-17(22-16)23-18(24)21-15-8-7-12(2)13(3)10-15/h7-8,10-11H,5-6,9H2,1-4H3,(H3,19,20,21,22,23,24). The Balaban J connectivity index is 2.01. The van der Waals surface area contributed by atoms with Crippen LogP contribution < -0.4 is 16.0 Å². The minimum absolute atomic E-state index is 0.287. The Kier molecular flexibility index (Phi) is 6.12. The van der Waals surface area contributed by atoms with Gasteiger partial charge in [-0.15, -0.1) is 0 Å². The second-order valence-corrected chi connectivity index (χ2v) is 5.88. The van der Waals surface area contributed by atoms with Gasteiger partial charge in [-0.3, -0.25) is 5.32 Å². The molecular formula is C18H25N5O. The van der Waals surface area contributed by atoms with Crippen LogP contribution in [-0.2, 0) is 0 Å². The zero-order valence-corrected chi connectivity index (χ0v) is 14.7. The van der Waals surface area contributed by atoms with Gasteiger partial charge in [0.1, 0.15) is 5.82 Å². The number of urea groups is 1. The molecule has 0 bridgehead atoms. The van der Waals surface area contributed by atoms with Crippen LogP contribution in [0.5, 0.6) is 0 Å². The zero-order chi connectivity index (χ0) is 17.5. The van der Waals surface area contributed by atoms with Crippen LogP contribution in [0.25, 0.3) is 0 Å². The summed E-state index contributed by atoms with van der Waals surface area (Å²) in [6, 6.07) is 7.29. The summed E-state index contributed by atoms with van der Waals surface area (Å²) in [4.78, 5) is 20.7. The Morgan fingerprint density at radius 3 is 2.54 bits per heavy atom. The zero-order valence-electron chi connectivity index (χ0n) is 14.7. The molecule has 3 N–H and O–H groups in total. The number of hydrogen-bond donors (Lipinski definition) is 3. The molecule has 0 saturated carbocycles. The average molecular weight is 327 g/mol. The lowest BCUT2D eigenvalue weighted by atomic mass is 10.1. The molecule has 0 saturated heterocycles. The van der Waals surface area contributed by atoms with Crippen LogP contribution in [0.15, 0.2) is 24.3 Å². The fraction of sp³-hybridized carbons (Fsp3) is 0.389. The summed E-state index contributed by atoms with van der Waals surface area (Å²) in [7, 11) is 0. The van der Waals surface area contributed by atoms with Crippen molar-refractivity contribution in [2.45, 2.75) is 40.5 Å². The smallest absolute Gasteiger partial charge is 0.326 e. The molecule has 0 fully saturated rings. The Morgan fingerprint density at radius 1 is 1.04 bits per heavy atom. The molecule has 128 valence electrons. The number of carbonyl (C=O) groups excluding carboxylic acids is 1. The van der Waals surface area contributed by atoms with Crippen LogP contribution in [-0.4, -0.2) is 22.5 Å². The third kappa shape index (κ3) is 5.22. The second-order valence-electron chi connectivity index (χ2n) is 5.88. The van der Waals surface area contributed by atoms with E-state index in [9.17, 15) is 4.79 Å². The lowest BCUT2D eigenvalue weighted by Crippen LogP contribution is -2.21. The summed E-state index contributed by atoms with van der Waals surface area (Å²) < 4.78 is 0. The van der Waals surface area contributed by atoms with E-state index in [1.54, 1.807) is 0 Å². The average Bonchev–Trinajstić information content (AvgIpc) is 2.50. The predicted molar refractivity (Wildman–Crippen MR) is 98.7 cm³/mol. The first-order chi connectivity index (χ1) is 11.5. The van der Waals surface area contributed by atoms with Crippen LogP contribution >= 0.6 is 0 Å². The summed E-state index contributed by atoms with van der Waals surface area (Å²) in [5, 5.41) is 8.72. The Bertz CT molecular complexity index is 715. The number of hydrogen-bond acceptors (Lipinski definition) is 4. The lowest BCUT2D eigenvalue weighted by Gasteiger charge is -2.10. The van der Waals surface area contributed by atoms with Crippen molar-refractivity contribution in [1.82, 2.24) is 9.97 Å². The molecule has 0 radical (unpaired) electrons. The van der Waals surface area contributed by atoms with E-state index in [0.717, 1.165) is 42.1 Å². The van der Waals surface area contributed by atoms with Gasteiger partial charge in [0.2, 0.25) is 5.95 Å². The van der Waals surface area contributed by atoms with E-state index in [4.69, 9.17) is 0 Å². The largest absolute Gasteiger partial charge is 0.370 e. The van der Waals surface area contributed by atoms with Crippen molar-refractivity contribution in [2.24, 2.45) is 0 Å². The van der Waals surface area contributed by atoms with Crippen molar-refractivity contribution in [3.63, 3.8) is 0 Å². The quantitative estimate of drug-likeness (QED) is 0.693. The molecule has 1 aromatic carbocycles. The number of rotatable bonds is 6. The number of anilines is 3. The van der Waals surface area contributed by atoms with Gasteiger partial charge in [0.15, 0.2) is 0 Å². The maximum Gasteiger partial charge on any atom is 0.326 e. The van der Waals surface area contributed by atoms with Crippen LogP contribution in [0.4, 0.5) is 22.2 Å². The first-order valence-electron chi connectivity index (χ1n) is 8.22. The van der Waals surface area contributed by atoms with Gasteiger partial charge in [0.25, 0.3) is 0 Å². The Morgan fingerprint density at radius 2 is 1.83 bits per heavy atom. The molecule has 0 unspecified atom stereocenters. The van der Waals surface area contributed by atoms with Crippen molar-refractivity contribution >= 4 is 23.5 Å². The highest BCUT2D eigenvalue weighted by Gasteiger charge is 2.07. The fourth-order valence-corrected chi connectivity index (χ4v) is 2.19. The molecular weight excluding hydrogens is 302 g/mol. The Labute approximate surface area is 143 Å². The van der Waals surface area contributed by atoms with Gasteiger partial charge in [-0.1, -0.05) is 19.4 Å². The fourth-order valence-electron chi connectivity index (χ4n) is 2.19. The molecule has 0 aliphatic heterocycles. The van der Waals surface area contributed by atoms with E-state index in [1.165, 1.54) is 5.56 Å². The minimum Gasteiger partial charge on any atom is -0.370 e. The molecule has 2 aromatic rings. The van der Waals surface area contributed by atoms with E-state index >= 15 is 0 Å². The van der Waals surface area contributed by atoms with Gasteiger partial charge < -0.3 is 10.6 Å². The van der Waals surface area contributed by atoms with Crippen molar-refractivity contribution in [3.05, 3.63) is 41.1 Å². The number of unbranched alkanes of at least 4 members (excludes halogenated alkanes) is 1. The SMILES string of the molecule is CCCCNc1cc(C)nc(NC(=O)Nc2ccc(C)c(C)c2)n1. The number of aromatic nitrogens is 2.